The first-order chi connectivity index (χ1) is 8.56. The molecule has 2 rings (SSSR count). The molecule has 1 aliphatic heterocycles. The molecule has 2 aliphatic rings. The van der Waals surface area contributed by atoms with Crippen LogP contribution < -0.4 is 5.73 Å². The van der Waals surface area contributed by atoms with E-state index in [0.717, 1.165) is 17.9 Å². The van der Waals surface area contributed by atoms with Gasteiger partial charge in [-0.3, -0.25) is 4.90 Å². The predicted octanol–water partition coefficient (Wildman–Crippen LogP) is 1.78. The van der Waals surface area contributed by atoms with Gasteiger partial charge in [-0.2, -0.15) is 0 Å². The largest absolute Gasteiger partial charge is 0.327 e. The highest BCUT2D eigenvalue weighted by molar-refractivity contribution is 4.88. The molecule has 0 radical (unpaired) electrons. The summed E-state index contributed by atoms with van der Waals surface area (Å²) in [6, 6.07) is 1.21. The van der Waals surface area contributed by atoms with E-state index >= 15 is 0 Å². The lowest BCUT2D eigenvalue weighted by atomic mass is 9.79. The Balaban J connectivity index is 1.87. The van der Waals surface area contributed by atoms with Gasteiger partial charge in [-0.25, -0.2) is 0 Å². The zero-order valence-electron chi connectivity index (χ0n) is 12.4. The van der Waals surface area contributed by atoms with Crippen molar-refractivity contribution in [2.75, 3.05) is 33.7 Å². The third kappa shape index (κ3) is 3.69. The molecule has 106 valence electrons. The highest BCUT2D eigenvalue weighted by Crippen LogP contribution is 2.30. The Hall–Kier alpha value is -0.120. The summed E-state index contributed by atoms with van der Waals surface area (Å²) in [6.07, 6.45) is 6.65. The van der Waals surface area contributed by atoms with E-state index in [9.17, 15) is 0 Å². The highest BCUT2D eigenvalue weighted by Gasteiger charge is 2.31. The lowest BCUT2D eigenvalue weighted by molar-refractivity contribution is 0.137. The molecular formula is C15H31N3. The molecule has 2 fully saturated rings. The number of nitrogens with zero attached hydrogens (tertiary/aromatic N) is 2. The Morgan fingerprint density at radius 3 is 2.72 bits per heavy atom. The number of nitrogens with two attached hydrogens (primary N) is 1. The summed E-state index contributed by atoms with van der Waals surface area (Å²) in [7, 11) is 4.37. The lowest BCUT2D eigenvalue weighted by Crippen LogP contribution is -2.46. The van der Waals surface area contributed by atoms with Crippen LogP contribution in [0.3, 0.4) is 0 Å². The summed E-state index contributed by atoms with van der Waals surface area (Å²) in [6.45, 7) is 6.12. The third-order valence-electron chi connectivity index (χ3n) is 4.85. The van der Waals surface area contributed by atoms with Gasteiger partial charge in [0, 0.05) is 25.2 Å². The first-order valence-corrected chi connectivity index (χ1v) is 7.70. The topological polar surface area (TPSA) is 32.5 Å². The van der Waals surface area contributed by atoms with Crippen LogP contribution in [0.5, 0.6) is 0 Å². The van der Waals surface area contributed by atoms with Gasteiger partial charge in [0.2, 0.25) is 0 Å². The second-order valence-electron chi connectivity index (χ2n) is 6.90. The lowest BCUT2D eigenvalue weighted by Gasteiger charge is -2.37. The summed E-state index contributed by atoms with van der Waals surface area (Å²) >= 11 is 0. The molecule has 2 N–H and O–H groups in total. The third-order valence-corrected chi connectivity index (χ3v) is 4.85. The van der Waals surface area contributed by atoms with Gasteiger partial charge >= 0.3 is 0 Å². The van der Waals surface area contributed by atoms with Crippen LogP contribution in [0.25, 0.3) is 0 Å². The van der Waals surface area contributed by atoms with E-state index in [1.807, 2.05) is 0 Å². The van der Waals surface area contributed by atoms with Gasteiger partial charge in [-0.1, -0.05) is 6.92 Å². The van der Waals surface area contributed by atoms with E-state index in [0.29, 0.717) is 6.04 Å². The molecule has 1 saturated heterocycles. The van der Waals surface area contributed by atoms with Crippen molar-refractivity contribution in [1.82, 2.24) is 9.80 Å². The van der Waals surface area contributed by atoms with E-state index in [1.54, 1.807) is 0 Å². The van der Waals surface area contributed by atoms with Crippen LogP contribution in [0, 0.1) is 11.8 Å². The molecule has 1 heterocycles. The fraction of sp³-hybridized carbons (Fsp3) is 1.00. The fourth-order valence-electron chi connectivity index (χ4n) is 3.80. The maximum Gasteiger partial charge on any atom is 0.0223 e. The molecule has 0 amide bonds. The summed E-state index contributed by atoms with van der Waals surface area (Å²) in [5, 5.41) is 0. The molecule has 1 saturated carbocycles. The molecule has 18 heavy (non-hydrogen) atoms. The average Bonchev–Trinajstić information content (AvgIpc) is 2.70. The van der Waals surface area contributed by atoms with Crippen LogP contribution in [0.2, 0.25) is 0 Å². The Labute approximate surface area is 113 Å². The zero-order valence-corrected chi connectivity index (χ0v) is 12.4. The van der Waals surface area contributed by atoms with Gasteiger partial charge < -0.3 is 10.6 Å². The van der Waals surface area contributed by atoms with E-state index in [-0.39, 0.29) is 0 Å². The molecule has 3 heteroatoms. The van der Waals surface area contributed by atoms with Crippen LogP contribution in [0.1, 0.15) is 39.0 Å². The van der Waals surface area contributed by atoms with Gasteiger partial charge in [0.05, 0.1) is 0 Å². The van der Waals surface area contributed by atoms with Crippen LogP contribution in [0.4, 0.5) is 0 Å². The number of rotatable bonds is 4. The van der Waals surface area contributed by atoms with Crippen molar-refractivity contribution in [3.63, 3.8) is 0 Å². The predicted molar refractivity (Wildman–Crippen MR) is 77.6 cm³/mol. The van der Waals surface area contributed by atoms with Gasteiger partial charge in [0.25, 0.3) is 0 Å². The minimum absolute atomic E-state index is 0.446. The second kappa shape index (κ2) is 6.36. The van der Waals surface area contributed by atoms with Crippen LogP contribution in [0.15, 0.2) is 0 Å². The molecular weight excluding hydrogens is 222 g/mol. The van der Waals surface area contributed by atoms with Gasteiger partial charge in [0.15, 0.2) is 0 Å². The minimum atomic E-state index is 0.446. The maximum absolute atomic E-state index is 6.33. The first kappa shape index (κ1) is 14.3. The highest BCUT2D eigenvalue weighted by atomic mass is 15.2. The Morgan fingerprint density at radius 2 is 2.00 bits per heavy atom. The summed E-state index contributed by atoms with van der Waals surface area (Å²) < 4.78 is 0. The molecule has 1 aliphatic carbocycles. The van der Waals surface area contributed by atoms with Crippen molar-refractivity contribution in [2.45, 2.75) is 51.1 Å². The molecule has 0 aromatic carbocycles. The number of likely N-dealkylation sites (tertiary alicyclic amines) is 1. The summed E-state index contributed by atoms with van der Waals surface area (Å²) in [4.78, 5) is 5.04. The number of hydrogen-bond donors (Lipinski definition) is 1. The number of likely N-dealkylation sites (N-methyl/N-ethyl adjacent to an activating group) is 1. The quantitative estimate of drug-likeness (QED) is 0.829. The molecule has 4 unspecified atom stereocenters. The van der Waals surface area contributed by atoms with Crippen LogP contribution >= 0.6 is 0 Å². The Morgan fingerprint density at radius 1 is 1.22 bits per heavy atom. The van der Waals surface area contributed by atoms with Crippen molar-refractivity contribution in [3.8, 4) is 0 Å². The summed E-state index contributed by atoms with van der Waals surface area (Å²) in [5.74, 6) is 1.61. The monoisotopic (exact) mass is 253 g/mol. The van der Waals surface area contributed by atoms with Crippen molar-refractivity contribution in [2.24, 2.45) is 17.6 Å². The van der Waals surface area contributed by atoms with Crippen molar-refractivity contribution in [3.05, 3.63) is 0 Å². The van der Waals surface area contributed by atoms with Crippen molar-refractivity contribution < 1.29 is 0 Å². The molecule has 0 bridgehead atoms. The van der Waals surface area contributed by atoms with E-state index in [1.165, 1.54) is 51.7 Å². The Kier molecular flexibility index (Phi) is 5.05. The van der Waals surface area contributed by atoms with Crippen LogP contribution in [-0.4, -0.2) is 55.6 Å². The molecule has 4 atom stereocenters. The van der Waals surface area contributed by atoms with Gasteiger partial charge in [-0.05, 0) is 64.6 Å². The fourth-order valence-corrected chi connectivity index (χ4v) is 3.80. The standard InChI is InChI=1S/C15H31N3/c1-12-6-7-15(16)13(9-12)10-18-8-4-5-14(18)11-17(2)3/h12-15H,4-11,16H2,1-3H3. The first-order valence-electron chi connectivity index (χ1n) is 7.70. The maximum atomic E-state index is 6.33. The summed E-state index contributed by atoms with van der Waals surface area (Å²) in [5.41, 5.74) is 6.33. The van der Waals surface area contributed by atoms with Gasteiger partial charge in [0.1, 0.15) is 0 Å². The van der Waals surface area contributed by atoms with Crippen molar-refractivity contribution >= 4 is 0 Å². The molecule has 0 aromatic heterocycles. The minimum Gasteiger partial charge on any atom is -0.327 e. The SMILES string of the molecule is CC1CCC(N)C(CN2CCCC2CN(C)C)C1. The second-order valence-corrected chi connectivity index (χ2v) is 6.90. The number of hydrogen-bond acceptors (Lipinski definition) is 3. The van der Waals surface area contributed by atoms with E-state index in [4.69, 9.17) is 5.73 Å². The van der Waals surface area contributed by atoms with E-state index < -0.39 is 0 Å². The molecule has 0 aromatic rings. The Bertz CT molecular complexity index is 254. The van der Waals surface area contributed by atoms with Crippen molar-refractivity contribution in [1.29, 1.82) is 0 Å². The smallest absolute Gasteiger partial charge is 0.0223 e. The van der Waals surface area contributed by atoms with Gasteiger partial charge in [-0.15, -0.1) is 0 Å². The zero-order chi connectivity index (χ0) is 13.1. The van der Waals surface area contributed by atoms with E-state index in [2.05, 4.69) is 30.8 Å². The normalized spacial score (nSPS) is 38.5. The van der Waals surface area contributed by atoms with Crippen LogP contribution in [-0.2, 0) is 0 Å². The molecule has 0 spiro atoms. The molecule has 3 nitrogen and oxygen atoms in total. The average molecular weight is 253 g/mol.